The molecule has 7 heteroatoms. The predicted molar refractivity (Wildman–Crippen MR) is 104 cm³/mol. The molecule has 3 saturated carbocycles. The second kappa shape index (κ2) is 7.05. The van der Waals surface area contributed by atoms with E-state index >= 15 is 0 Å². The second-order valence-corrected chi connectivity index (χ2v) is 8.70. The Hall–Kier alpha value is -2.11. The van der Waals surface area contributed by atoms with Crippen LogP contribution in [0.25, 0.3) is 0 Å². The Morgan fingerprint density at radius 3 is 2.39 bits per heavy atom. The average Bonchev–Trinajstić information content (AvgIpc) is 2.60. The van der Waals surface area contributed by atoms with Gasteiger partial charge in [-0.2, -0.15) is 0 Å². The minimum atomic E-state index is -0.579. The highest BCUT2D eigenvalue weighted by molar-refractivity contribution is 6.31. The summed E-state index contributed by atoms with van der Waals surface area (Å²) in [4.78, 5) is 24.6. The zero-order valence-corrected chi connectivity index (χ0v) is 16.4. The summed E-state index contributed by atoms with van der Waals surface area (Å²) in [5, 5.41) is 3.68. The summed E-state index contributed by atoms with van der Waals surface area (Å²) >= 11 is 11.5. The van der Waals surface area contributed by atoms with Crippen LogP contribution in [0.5, 0.6) is 5.75 Å². The molecule has 4 nitrogen and oxygen atoms in total. The number of rotatable bonds is 7. The van der Waals surface area contributed by atoms with Gasteiger partial charge in [-0.3, -0.25) is 9.59 Å². The third-order valence-electron chi connectivity index (χ3n) is 5.49. The first kappa shape index (κ1) is 19.2. The van der Waals surface area contributed by atoms with Crippen LogP contribution in [-0.2, 0) is 4.79 Å². The smallest absolute Gasteiger partial charge is 0.251 e. The zero-order chi connectivity index (χ0) is 19.9. The normalized spacial score (nSPS) is 24.7. The number of Topliss-reactive ketones (excluding diaryl/α,β-unsaturated/α-hetero) is 1. The maximum Gasteiger partial charge on any atom is 0.251 e. The molecular formula is C21H18Cl2FNO3. The molecule has 5 rings (SSSR count). The van der Waals surface area contributed by atoms with Crippen molar-refractivity contribution in [2.45, 2.75) is 31.2 Å². The van der Waals surface area contributed by atoms with E-state index in [1.165, 1.54) is 12.1 Å². The number of ketones is 1. The van der Waals surface area contributed by atoms with Gasteiger partial charge in [0, 0.05) is 28.6 Å². The molecule has 3 aliphatic carbocycles. The summed E-state index contributed by atoms with van der Waals surface area (Å²) in [6, 6.07) is 10.8. The highest BCUT2D eigenvalue weighted by atomic mass is 35.5. The first-order valence-electron chi connectivity index (χ1n) is 8.96. The summed E-state index contributed by atoms with van der Waals surface area (Å²) in [7, 11) is 0. The van der Waals surface area contributed by atoms with Crippen molar-refractivity contribution in [3.05, 3.63) is 63.9 Å². The van der Waals surface area contributed by atoms with Crippen LogP contribution in [0.3, 0.4) is 0 Å². The van der Waals surface area contributed by atoms with Gasteiger partial charge in [-0.25, -0.2) is 4.39 Å². The van der Waals surface area contributed by atoms with Gasteiger partial charge < -0.3 is 10.1 Å². The Labute approximate surface area is 172 Å². The lowest BCUT2D eigenvalue weighted by Crippen LogP contribution is -2.75. The van der Waals surface area contributed by atoms with E-state index in [-0.39, 0.29) is 40.0 Å². The minimum absolute atomic E-state index is 0.0125. The molecule has 1 N–H and O–H groups in total. The van der Waals surface area contributed by atoms with Gasteiger partial charge in [-0.1, -0.05) is 23.2 Å². The monoisotopic (exact) mass is 421 g/mol. The minimum Gasteiger partial charge on any atom is -0.486 e. The fourth-order valence-corrected chi connectivity index (χ4v) is 4.68. The molecule has 2 aromatic rings. The summed E-state index contributed by atoms with van der Waals surface area (Å²) in [6.07, 6.45) is 2.78. The molecule has 0 spiro atoms. The highest BCUT2D eigenvalue weighted by Gasteiger charge is 2.68. The molecule has 0 aliphatic heterocycles. The van der Waals surface area contributed by atoms with Crippen molar-refractivity contribution in [3.63, 3.8) is 0 Å². The first-order chi connectivity index (χ1) is 13.3. The molecule has 1 amide bonds. The zero-order valence-electron chi connectivity index (χ0n) is 14.9. The Morgan fingerprint density at radius 1 is 1.07 bits per heavy atom. The van der Waals surface area contributed by atoms with Crippen molar-refractivity contribution < 1.29 is 18.7 Å². The molecule has 0 saturated heterocycles. The van der Waals surface area contributed by atoms with E-state index in [1.807, 2.05) is 0 Å². The molecule has 0 radical (unpaired) electrons. The van der Waals surface area contributed by atoms with E-state index < -0.39 is 5.82 Å². The van der Waals surface area contributed by atoms with Gasteiger partial charge in [0.1, 0.15) is 18.2 Å². The predicted octanol–water partition coefficient (Wildman–Crippen LogP) is 4.82. The number of benzene rings is 2. The van der Waals surface area contributed by atoms with Crippen molar-refractivity contribution in [3.8, 4) is 5.75 Å². The Morgan fingerprint density at radius 2 is 1.75 bits per heavy atom. The summed E-state index contributed by atoms with van der Waals surface area (Å²) in [5.74, 6) is -0.457. The van der Waals surface area contributed by atoms with Gasteiger partial charge in [0.2, 0.25) is 0 Å². The van der Waals surface area contributed by atoms with Gasteiger partial charge in [-0.15, -0.1) is 0 Å². The van der Waals surface area contributed by atoms with Crippen LogP contribution < -0.4 is 10.1 Å². The van der Waals surface area contributed by atoms with E-state index in [0.29, 0.717) is 17.0 Å². The van der Waals surface area contributed by atoms with Crippen LogP contribution in [0, 0.1) is 11.2 Å². The van der Waals surface area contributed by atoms with E-state index in [9.17, 15) is 14.0 Å². The number of carbonyl (C=O) groups excluding carboxylic acids is 2. The number of amides is 1. The van der Waals surface area contributed by atoms with Crippen molar-refractivity contribution >= 4 is 34.9 Å². The molecule has 0 atom stereocenters. The fourth-order valence-electron chi connectivity index (χ4n) is 4.43. The number of nitrogens with one attached hydrogen (secondary N) is 1. The third-order valence-corrected chi connectivity index (χ3v) is 6.05. The number of hydrogen-bond acceptors (Lipinski definition) is 3. The Balaban J connectivity index is 1.24. The topological polar surface area (TPSA) is 55.4 Å². The molecule has 3 fully saturated rings. The fraction of sp³-hybridized carbons (Fsp3) is 0.333. The molecule has 0 unspecified atom stereocenters. The summed E-state index contributed by atoms with van der Waals surface area (Å²) < 4.78 is 18.8. The first-order valence-corrected chi connectivity index (χ1v) is 9.72. The third kappa shape index (κ3) is 3.74. The average molecular weight is 422 g/mol. The largest absolute Gasteiger partial charge is 0.486 e. The van der Waals surface area contributed by atoms with E-state index in [2.05, 4.69) is 5.32 Å². The lowest BCUT2D eigenvalue weighted by Gasteiger charge is -2.70. The van der Waals surface area contributed by atoms with Gasteiger partial charge in [-0.05, 0) is 61.1 Å². The van der Waals surface area contributed by atoms with Gasteiger partial charge in [0.15, 0.2) is 5.78 Å². The van der Waals surface area contributed by atoms with E-state index in [4.69, 9.17) is 27.9 Å². The summed E-state index contributed by atoms with van der Waals surface area (Å²) in [5.41, 5.74) is 0.332. The molecule has 0 aromatic heterocycles. The SMILES string of the molecule is O=C(COc1ccc(Cl)c(F)c1)CC12CC(NC(=O)c3ccc(Cl)cc3)(C1)C2. The quantitative estimate of drug-likeness (QED) is 0.696. The van der Waals surface area contributed by atoms with Crippen molar-refractivity contribution in [1.82, 2.24) is 5.32 Å². The second-order valence-electron chi connectivity index (χ2n) is 7.85. The number of carbonyl (C=O) groups is 2. The van der Waals surface area contributed by atoms with Gasteiger partial charge >= 0.3 is 0 Å². The molecule has 2 bridgehead atoms. The van der Waals surface area contributed by atoms with Crippen LogP contribution in [-0.4, -0.2) is 23.8 Å². The number of hydrogen-bond donors (Lipinski definition) is 1. The van der Waals surface area contributed by atoms with E-state index in [0.717, 1.165) is 25.3 Å². The van der Waals surface area contributed by atoms with Crippen LogP contribution in [0.15, 0.2) is 42.5 Å². The lowest BCUT2D eigenvalue weighted by atomic mass is 9.38. The highest BCUT2D eigenvalue weighted by Crippen LogP contribution is 2.69. The van der Waals surface area contributed by atoms with Crippen LogP contribution >= 0.6 is 23.2 Å². The molecule has 146 valence electrons. The molecule has 28 heavy (non-hydrogen) atoms. The van der Waals surface area contributed by atoms with Crippen molar-refractivity contribution in [1.29, 1.82) is 0 Å². The number of ether oxygens (including phenoxy) is 1. The maximum atomic E-state index is 13.4. The molecule has 2 aromatic carbocycles. The molecule has 3 aliphatic rings. The van der Waals surface area contributed by atoms with Crippen molar-refractivity contribution in [2.75, 3.05) is 6.61 Å². The van der Waals surface area contributed by atoms with Gasteiger partial charge in [0.25, 0.3) is 5.91 Å². The molecule has 0 heterocycles. The standard InChI is InChI=1S/C21H18Cl2FNO3/c22-14-3-1-13(2-4-14)19(27)25-21-10-20(11-21,12-21)8-15(26)9-28-16-5-6-17(23)18(24)7-16/h1-7H,8-12H2,(H,25,27). The van der Waals surface area contributed by atoms with E-state index in [1.54, 1.807) is 24.3 Å². The maximum absolute atomic E-state index is 13.4. The summed E-state index contributed by atoms with van der Waals surface area (Å²) in [6.45, 7) is -0.104. The Kier molecular flexibility index (Phi) is 4.84. The van der Waals surface area contributed by atoms with Crippen LogP contribution in [0.1, 0.15) is 36.0 Å². The Bertz CT molecular complexity index is 925. The van der Waals surface area contributed by atoms with Crippen molar-refractivity contribution in [2.24, 2.45) is 5.41 Å². The van der Waals surface area contributed by atoms with Gasteiger partial charge in [0.05, 0.1) is 5.02 Å². The van der Waals surface area contributed by atoms with Crippen LogP contribution in [0.4, 0.5) is 4.39 Å². The lowest BCUT2D eigenvalue weighted by molar-refractivity contribution is -0.162. The number of halogens is 3. The van der Waals surface area contributed by atoms with Crippen LogP contribution in [0.2, 0.25) is 10.0 Å². The molecular weight excluding hydrogens is 404 g/mol.